The highest BCUT2D eigenvalue weighted by molar-refractivity contribution is 5.69. The van der Waals surface area contributed by atoms with Crippen LogP contribution in [0.2, 0.25) is 0 Å². The van der Waals surface area contributed by atoms with Gasteiger partial charge in [-0.3, -0.25) is 0 Å². The van der Waals surface area contributed by atoms with Crippen LogP contribution >= 0.6 is 0 Å². The Bertz CT molecular complexity index is 418. The summed E-state index contributed by atoms with van der Waals surface area (Å²) in [5, 5.41) is 12.7. The van der Waals surface area contributed by atoms with E-state index in [0.717, 1.165) is 25.7 Å². The van der Waals surface area contributed by atoms with Gasteiger partial charge in [-0.05, 0) is 25.7 Å². The number of hydrogen-bond donors (Lipinski definition) is 3. The van der Waals surface area contributed by atoms with Crippen molar-refractivity contribution in [3.05, 3.63) is 17.9 Å². The Kier molecular flexibility index (Phi) is 3.91. The Balaban J connectivity index is 2.09. The Morgan fingerprint density at radius 1 is 1.33 bits per heavy atom. The second-order valence-corrected chi connectivity index (χ2v) is 4.72. The van der Waals surface area contributed by atoms with Gasteiger partial charge in [-0.15, -0.1) is 0 Å². The van der Waals surface area contributed by atoms with Crippen molar-refractivity contribution in [3.63, 3.8) is 0 Å². The Morgan fingerprint density at radius 3 is 2.61 bits per heavy atom. The van der Waals surface area contributed by atoms with E-state index in [0.29, 0.717) is 11.4 Å². The van der Waals surface area contributed by atoms with Crippen LogP contribution in [0.4, 0.5) is 15.8 Å². The number of aliphatic hydroxyl groups excluding tert-OH is 1. The number of aliphatic hydroxyl groups is 1. The van der Waals surface area contributed by atoms with Gasteiger partial charge in [0.2, 0.25) is 0 Å². The van der Waals surface area contributed by atoms with Crippen LogP contribution in [0.15, 0.2) is 12.1 Å². The molecule has 4 nitrogen and oxygen atoms in total. The van der Waals surface area contributed by atoms with Crippen LogP contribution in [0, 0.1) is 5.82 Å². The Morgan fingerprint density at radius 2 is 2.00 bits per heavy atom. The summed E-state index contributed by atoms with van der Waals surface area (Å²) in [6, 6.07) is 3.11. The summed E-state index contributed by atoms with van der Waals surface area (Å²) in [4.78, 5) is 0. The van der Waals surface area contributed by atoms with Gasteiger partial charge in [0.1, 0.15) is 0 Å². The lowest BCUT2D eigenvalue weighted by Gasteiger charge is -2.27. The number of benzene rings is 1. The fourth-order valence-corrected chi connectivity index (χ4v) is 2.29. The predicted octanol–water partition coefficient (Wildman–Crippen LogP) is 2.13. The lowest BCUT2D eigenvalue weighted by molar-refractivity contribution is 0.126. The highest BCUT2D eigenvalue weighted by atomic mass is 19.1. The number of halogens is 1. The molecule has 0 bridgehead atoms. The van der Waals surface area contributed by atoms with E-state index in [4.69, 9.17) is 10.5 Å². The maximum atomic E-state index is 13.4. The topological polar surface area (TPSA) is 67.5 Å². The van der Waals surface area contributed by atoms with E-state index in [1.54, 1.807) is 6.07 Å². The Labute approximate surface area is 106 Å². The van der Waals surface area contributed by atoms with Crippen molar-refractivity contribution < 1.29 is 14.2 Å². The normalized spacial score (nSPS) is 23.7. The molecule has 1 aliphatic rings. The number of nitrogen functional groups attached to an aromatic ring is 1. The van der Waals surface area contributed by atoms with E-state index in [-0.39, 0.29) is 17.9 Å². The first-order valence-corrected chi connectivity index (χ1v) is 6.17. The smallest absolute Gasteiger partial charge is 0.167 e. The van der Waals surface area contributed by atoms with Crippen molar-refractivity contribution >= 4 is 11.4 Å². The summed E-state index contributed by atoms with van der Waals surface area (Å²) >= 11 is 0. The molecule has 0 radical (unpaired) electrons. The minimum absolute atomic E-state index is 0.183. The molecule has 0 aliphatic heterocycles. The first-order valence-electron chi connectivity index (χ1n) is 6.17. The van der Waals surface area contributed by atoms with E-state index in [1.165, 1.54) is 13.2 Å². The van der Waals surface area contributed by atoms with Crippen molar-refractivity contribution in [1.29, 1.82) is 0 Å². The summed E-state index contributed by atoms with van der Waals surface area (Å²) < 4.78 is 18.3. The van der Waals surface area contributed by atoms with Gasteiger partial charge >= 0.3 is 0 Å². The van der Waals surface area contributed by atoms with Gasteiger partial charge in [0.25, 0.3) is 0 Å². The molecule has 1 saturated carbocycles. The molecule has 100 valence electrons. The van der Waals surface area contributed by atoms with Crippen LogP contribution in [0.1, 0.15) is 25.7 Å². The Hall–Kier alpha value is -1.49. The molecular formula is C13H19FN2O2. The molecule has 1 aliphatic carbocycles. The van der Waals surface area contributed by atoms with Crippen molar-refractivity contribution in [2.75, 3.05) is 18.2 Å². The number of hydrogen-bond acceptors (Lipinski definition) is 4. The van der Waals surface area contributed by atoms with Crippen LogP contribution in [-0.2, 0) is 0 Å². The van der Waals surface area contributed by atoms with Gasteiger partial charge < -0.3 is 20.9 Å². The summed E-state index contributed by atoms with van der Waals surface area (Å²) in [5.74, 6) is -0.276. The maximum Gasteiger partial charge on any atom is 0.167 e. The number of methoxy groups -OCH3 is 1. The van der Waals surface area contributed by atoms with Gasteiger partial charge in [0.15, 0.2) is 11.6 Å². The zero-order chi connectivity index (χ0) is 13.1. The van der Waals surface area contributed by atoms with Gasteiger partial charge in [0, 0.05) is 18.2 Å². The van der Waals surface area contributed by atoms with E-state index in [1.807, 2.05) is 0 Å². The second kappa shape index (κ2) is 5.44. The van der Waals surface area contributed by atoms with Crippen molar-refractivity contribution in [1.82, 2.24) is 0 Å². The maximum absolute atomic E-state index is 13.4. The molecule has 1 aromatic rings. The molecule has 0 spiro atoms. The average Bonchev–Trinajstić information content (AvgIpc) is 2.35. The fraction of sp³-hybridized carbons (Fsp3) is 0.538. The number of nitrogens with two attached hydrogens (primary N) is 1. The van der Waals surface area contributed by atoms with Crippen LogP contribution < -0.4 is 15.8 Å². The van der Waals surface area contributed by atoms with Crippen LogP contribution in [0.5, 0.6) is 5.75 Å². The number of ether oxygens (including phenoxy) is 1. The molecule has 0 heterocycles. The first-order chi connectivity index (χ1) is 8.60. The molecule has 0 unspecified atom stereocenters. The van der Waals surface area contributed by atoms with Crippen molar-refractivity contribution in [2.24, 2.45) is 0 Å². The largest absolute Gasteiger partial charge is 0.494 e. The molecule has 0 saturated heterocycles. The lowest BCUT2D eigenvalue weighted by Crippen LogP contribution is -2.28. The summed E-state index contributed by atoms with van der Waals surface area (Å²) in [6.45, 7) is 0. The molecule has 5 heteroatoms. The van der Waals surface area contributed by atoms with Gasteiger partial charge in [-0.1, -0.05) is 0 Å². The molecule has 4 N–H and O–H groups in total. The standard InChI is InChI=1S/C13H19FN2O2/c1-18-13-7-12(11(15)6-10(13)14)16-8-2-4-9(17)5-3-8/h6-9,16-17H,2-5,15H2,1H3. The number of nitrogens with one attached hydrogen (secondary N) is 1. The van der Waals surface area contributed by atoms with E-state index >= 15 is 0 Å². The third-order valence-electron chi connectivity index (χ3n) is 3.38. The van der Waals surface area contributed by atoms with Crippen LogP contribution in [0.3, 0.4) is 0 Å². The van der Waals surface area contributed by atoms with Crippen LogP contribution in [0.25, 0.3) is 0 Å². The average molecular weight is 254 g/mol. The molecule has 2 rings (SSSR count). The number of anilines is 2. The molecule has 0 aromatic heterocycles. The van der Waals surface area contributed by atoms with E-state index < -0.39 is 5.82 Å². The zero-order valence-corrected chi connectivity index (χ0v) is 10.4. The first kappa shape index (κ1) is 13.0. The third-order valence-corrected chi connectivity index (χ3v) is 3.38. The summed E-state index contributed by atoms with van der Waals surface area (Å²) in [7, 11) is 1.43. The van der Waals surface area contributed by atoms with Crippen molar-refractivity contribution in [2.45, 2.75) is 37.8 Å². The molecule has 1 fully saturated rings. The highest BCUT2D eigenvalue weighted by Crippen LogP contribution is 2.30. The third kappa shape index (κ3) is 2.85. The van der Waals surface area contributed by atoms with Gasteiger partial charge in [-0.25, -0.2) is 4.39 Å². The SMILES string of the molecule is COc1cc(NC2CCC(O)CC2)c(N)cc1F. The van der Waals surface area contributed by atoms with E-state index in [2.05, 4.69) is 5.32 Å². The minimum Gasteiger partial charge on any atom is -0.494 e. The fourth-order valence-electron chi connectivity index (χ4n) is 2.29. The zero-order valence-electron chi connectivity index (χ0n) is 10.4. The monoisotopic (exact) mass is 254 g/mol. The van der Waals surface area contributed by atoms with Crippen molar-refractivity contribution in [3.8, 4) is 5.75 Å². The van der Waals surface area contributed by atoms with E-state index in [9.17, 15) is 9.50 Å². The van der Waals surface area contributed by atoms with Gasteiger partial charge in [-0.2, -0.15) is 0 Å². The minimum atomic E-state index is -0.459. The molecule has 18 heavy (non-hydrogen) atoms. The predicted molar refractivity (Wildman–Crippen MR) is 69.2 cm³/mol. The van der Waals surface area contributed by atoms with Gasteiger partial charge in [0.05, 0.1) is 24.6 Å². The molecular weight excluding hydrogens is 235 g/mol. The quantitative estimate of drug-likeness (QED) is 0.723. The van der Waals surface area contributed by atoms with Crippen LogP contribution in [-0.4, -0.2) is 24.4 Å². The lowest BCUT2D eigenvalue weighted by atomic mass is 9.93. The molecule has 0 atom stereocenters. The number of rotatable bonds is 3. The summed E-state index contributed by atoms with van der Waals surface area (Å²) in [6.07, 6.45) is 3.16. The highest BCUT2D eigenvalue weighted by Gasteiger charge is 2.20. The molecule has 0 amide bonds. The second-order valence-electron chi connectivity index (χ2n) is 4.72. The summed E-state index contributed by atoms with van der Waals surface area (Å²) in [5.41, 5.74) is 6.85. The molecule has 1 aromatic carbocycles.